The summed E-state index contributed by atoms with van der Waals surface area (Å²) in [4.78, 5) is 6.67. The number of pyridine rings is 1. The summed E-state index contributed by atoms with van der Waals surface area (Å²) >= 11 is 0. The van der Waals surface area contributed by atoms with Crippen molar-refractivity contribution in [1.82, 2.24) is 9.55 Å². The summed E-state index contributed by atoms with van der Waals surface area (Å²) in [6, 6.07) is 63.4. The van der Waals surface area contributed by atoms with Gasteiger partial charge in [0.2, 0.25) is 0 Å². The lowest BCUT2D eigenvalue weighted by Gasteiger charge is -2.27. The second kappa shape index (κ2) is 11.7. The predicted octanol–water partition coefficient (Wildman–Crippen LogP) is 13.5. The van der Waals surface area contributed by atoms with Crippen molar-refractivity contribution in [2.75, 3.05) is 4.90 Å². The van der Waals surface area contributed by atoms with Crippen molar-refractivity contribution in [2.24, 2.45) is 0 Å². The molecule has 0 fully saturated rings. The molecular weight excluding hydrogens is 647 g/mol. The quantitative estimate of drug-likeness (QED) is 0.182. The Bertz CT molecular complexity index is 3180. The number of aromatic nitrogens is 2. The first-order valence-corrected chi connectivity index (χ1v) is 17.9. The van der Waals surface area contributed by atoms with Crippen LogP contribution in [0.15, 0.2) is 193 Å². The molecule has 3 heterocycles. The molecule has 0 saturated heterocycles. The third-order valence-corrected chi connectivity index (χ3v) is 10.6. The van der Waals surface area contributed by atoms with Gasteiger partial charge in [-0.25, -0.2) is 0 Å². The van der Waals surface area contributed by atoms with Gasteiger partial charge in [-0.2, -0.15) is 0 Å². The van der Waals surface area contributed by atoms with Crippen LogP contribution < -0.4 is 4.90 Å². The van der Waals surface area contributed by atoms with E-state index < -0.39 is 0 Å². The minimum absolute atomic E-state index is 0.796. The van der Waals surface area contributed by atoms with Gasteiger partial charge in [-0.3, -0.25) is 4.98 Å². The number of nitrogens with zero attached hydrogens (tertiary/aromatic N) is 3. The van der Waals surface area contributed by atoms with E-state index in [9.17, 15) is 0 Å². The Kier molecular flexibility index (Phi) is 6.52. The van der Waals surface area contributed by atoms with Crippen LogP contribution in [0, 0.1) is 0 Å². The highest BCUT2D eigenvalue weighted by Crippen LogP contribution is 2.43. The Morgan fingerprint density at radius 1 is 0.472 bits per heavy atom. The summed E-state index contributed by atoms with van der Waals surface area (Å²) in [7, 11) is 0. The van der Waals surface area contributed by atoms with Gasteiger partial charge in [0.05, 0.1) is 22.9 Å². The van der Waals surface area contributed by atoms with E-state index in [1.54, 1.807) is 6.20 Å². The van der Waals surface area contributed by atoms with Crippen LogP contribution in [-0.4, -0.2) is 9.55 Å². The van der Waals surface area contributed by atoms with E-state index in [1.165, 1.54) is 43.4 Å². The van der Waals surface area contributed by atoms with Crippen molar-refractivity contribution in [3.8, 4) is 16.8 Å². The van der Waals surface area contributed by atoms with Gasteiger partial charge >= 0.3 is 0 Å². The highest BCUT2D eigenvalue weighted by molar-refractivity contribution is 6.14. The third-order valence-electron chi connectivity index (χ3n) is 10.6. The van der Waals surface area contributed by atoms with Gasteiger partial charge in [0.15, 0.2) is 5.58 Å². The molecule has 0 unspecified atom stereocenters. The Morgan fingerprint density at radius 2 is 1.21 bits per heavy atom. The maximum Gasteiger partial charge on any atom is 0.153 e. The van der Waals surface area contributed by atoms with Gasteiger partial charge in [-0.15, -0.1) is 0 Å². The molecule has 11 rings (SSSR count). The Labute approximate surface area is 305 Å². The third kappa shape index (κ3) is 4.66. The lowest BCUT2D eigenvalue weighted by molar-refractivity contribution is 0.667. The Hall–Kier alpha value is -7.17. The highest BCUT2D eigenvalue weighted by atomic mass is 16.3. The zero-order chi connectivity index (χ0) is 34.9. The number of furan rings is 1. The van der Waals surface area contributed by atoms with Crippen LogP contribution >= 0.6 is 0 Å². The summed E-state index contributed by atoms with van der Waals surface area (Å²) in [5, 5.41) is 9.54. The molecule has 0 amide bonds. The molecule has 0 aliphatic heterocycles. The van der Waals surface area contributed by atoms with Gasteiger partial charge in [0, 0.05) is 50.2 Å². The number of fused-ring (bicyclic) bond motifs is 8. The second-order valence-corrected chi connectivity index (χ2v) is 13.6. The van der Waals surface area contributed by atoms with Gasteiger partial charge in [-0.1, -0.05) is 109 Å². The second-order valence-electron chi connectivity index (χ2n) is 13.6. The van der Waals surface area contributed by atoms with Crippen LogP contribution in [0.25, 0.3) is 82.1 Å². The molecule has 0 radical (unpaired) electrons. The zero-order valence-electron chi connectivity index (χ0n) is 28.6. The van der Waals surface area contributed by atoms with E-state index in [1.807, 2.05) is 18.3 Å². The first-order chi connectivity index (χ1) is 26.3. The molecule has 0 bridgehead atoms. The normalized spacial score (nSPS) is 11.8. The number of anilines is 3. The van der Waals surface area contributed by atoms with Gasteiger partial charge in [0.25, 0.3) is 0 Å². The SMILES string of the molecule is c1cc(N(c2ccc(-c3cccc4oc5cnccc5c34)cc2)c2cccc3ccccc23)cc(-n2c3ccccc3c3cc4ccccc4cc32)c1. The first-order valence-electron chi connectivity index (χ1n) is 17.9. The number of hydrogen-bond acceptors (Lipinski definition) is 3. The van der Waals surface area contributed by atoms with Crippen LogP contribution in [0.3, 0.4) is 0 Å². The fraction of sp³-hybridized carbons (Fsp3) is 0. The number of rotatable bonds is 5. The highest BCUT2D eigenvalue weighted by Gasteiger charge is 2.19. The van der Waals surface area contributed by atoms with E-state index in [2.05, 4.69) is 178 Å². The van der Waals surface area contributed by atoms with Crippen LogP contribution in [0.2, 0.25) is 0 Å². The van der Waals surface area contributed by atoms with Crippen LogP contribution in [0.5, 0.6) is 0 Å². The molecule has 0 saturated carbocycles. The molecule has 11 aromatic rings. The molecule has 4 nitrogen and oxygen atoms in total. The number of benzene rings is 8. The topological polar surface area (TPSA) is 34.2 Å². The van der Waals surface area contributed by atoms with Crippen LogP contribution in [-0.2, 0) is 0 Å². The van der Waals surface area contributed by atoms with E-state index >= 15 is 0 Å². The minimum atomic E-state index is 0.796. The first kappa shape index (κ1) is 29.5. The van der Waals surface area contributed by atoms with Crippen molar-refractivity contribution >= 4 is 82.4 Å². The fourth-order valence-corrected chi connectivity index (χ4v) is 8.25. The van der Waals surface area contributed by atoms with Gasteiger partial charge < -0.3 is 13.9 Å². The summed E-state index contributed by atoms with van der Waals surface area (Å²) in [5.41, 5.74) is 10.7. The molecule has 0 atom stereocenters. The maximum atomic E-state index is 6.18. The lowest BCUT2D eigenvalue weighted by atomic mass is 9.99. The Morgan fingerprint density at radius 3 is 2.09 bits per heavy atom. The van der Waals surface area contributed by atoms with E-state index in [0.717, 1.165) is 55.8 Å². The predicted molar refractivity (Wildman–Crippen MR) is 221 cm³/mol. The average molecular weight is 678 g/mol. The smallest absolute Gasteiger partial charge is 0.153 e. The van der Waals surface area contributed by atoms with Crippen LogP contribution in [0.4, 0.5) is 17.1 Å². The monoisotopic (exact) mass is 677 g/mol. The number of para-hydroxylation sites is 1. The molecular formula is C49H31N3O. The van der Waals surface area contributed by atoms with Crippen molar-refractivity contribution in [3.63, 3.8) is 0 Å². The molecule has 53 heavy (non-hydrogen) atoms. The van der Waals surface area contributed by atoms with Crippen molar-refractivity contribution in [2.45, 2.75) is 0 Å². The average Bonchev–Trinajstić information content (AvgIpc) is 3.76. The minimum Gasteiger partial charge on any atom is -0.454 e. The van der Waals surface area contributed by atoms with E-state index in [4.69, 9.17) is 4.42 Å². The molecule has 3 aromatic heterocycles. The van der Waals surface area contributed by atoms with E-state index in [-0.39, 0.29) is 0 Å². The van der Waals surface area contributed by atoms with Crippen molar-refractivity contribution in [3.05, 3.63) is 188 Å². The van der Waals surface area contributed by atoms with Gasteiger partial charge in [0.1, 0.15) is 5.58 Å². The molecule has 0 spiro atoms. The van der Waals surface area contributed by atoms with Crippen molar-refractivity contribution < 1.29 is 4.42 Å². The Balaban J connectivity index is 1.11. The standard InChI is InChI=1S/C49H31N3O/c1-2-12-35-29-46-43(28-34(35)11-1)41-17-5-6-19-45(41)52(46)38-15-8-14-37(30-38)51(44-20-7-13-32-10-3-4-16-39(32)44)36-24-22-33(23-25-36)40-18-9-21-47-49(40)42-26-27-50-31-48(42)53-47/h1-31H. The molecule has 0 N–H and O–H groups in total. The van der Waals surface area contributed by atoms with Gasteiger partial charge in [-0.05, 0) is 94.0 Å². The van der Waals surface area contributed by atoms with Crippen molar-refractivity contribution in [1.29, 1.82) is 0 Å². The molecule has 248 valence electrons. The summed E-state index contributed by atoms with van der Waals surface area (Å²) < 4.78 is 8.59. The largest absolute Gasteiger partial charge is 0.454 e. The summed E-state index contributed by atoms with van der Waals surface area (Å²) in [5.74, 6) is 0. The molecule has 8 aromatic carbocycles. The molecule has 4 heteroatoms. The fourth-order valence-electron chi connectivity index (χ4n) is 8.25. The molecule has 0 aliphatic carbocycles. The lowest BCUT2D eigenvalue weighted by Crippen LogP contribution is -2.11. The zero-order valence-corrected chi connectivity index (χ0v) is 28.6. The van der Waals surface area contributed by atoms with Crippen LogP contribution in [0.1, 0.15) is 0 Å². The maximum absolute atomic E-state index is 6.18. The number of hydrogen-bond donors (Lipinski definition) is 0. The summed E-state index contributed by atoms with van der Waals surface area (Å²) in [6.45, 7) is 0. The van der Waals surface area contributed by atoms with E-state index in [0.29, 0.717) is 0 Å². The summed E-state index contributed by atoms with van der Waals surface area (Å²) in [6.07, 6.45) is 3.62. The molecule has 0 aliphatic rings.